The Morgan fingerprint density at radius 2 is 1.08 bits per heavy atom. The number of unbranched alkanes of at least 4 members (excludes halogenated alkanes) is 18. The van der Waals surface area contributed by atoms with E-state index in [1.807, 2.05) is 0 Å². The van der Waals surface area contributed by atoms with Crippen molar-refractivity contribution in [2.75, 3.05) is 5.75 Å². The largest absolute Gasteiger partial charge is 1.00 e. The molecule has 2 rings (SSSR count). The number of nitrogens with zero attached hydrogens (tertiary/aromatic N) is 2. The van der Waals surface area contributed by atoms with Crippen molar-refractivity contribution in [1.82, 2.24) is 4.57 Å². The van der Waals surface area contributed by atoms with E-state index in [1.54, 1.807) is 0 Å². The summed E-state index contributed by atoms with van der Waals surface area (Å²) in [6.07, 6.45) is 32.8. The Balaban J connectivity index is 0.00000722. The van der Waals surface area contributed by atoms with Crippen LogP contribution in [0.5, 0.6) is 0 Å². The summed E-state index contributed by atoms with van der Waals surface area (Å²) in [5, 5.41) is 0. The van der Waals surface area contributed by atoms with Gasteiger partial charge in [-0.1, -0.05) is 141 Å². The van der Waals surface area contributed by atoms with Crippen LogP contribution in [0.4, 0.5) is 0 Å². The number of aryl methyl sites for hydroxylation is 1. The molecule has 0 N–H and O–H groups in total. The van der Waals surface area contributed by atoms with Gasteiger partial charge in [0, 0.05) is 0 Å². The zero-order chi connectivity index (χ0) is 26.2. The average molecular weight is 563 g/mol. The molecule has 0 amide bonds. The van der Waals surface area contributed by atoms with Crippen molar-refractivity contribution in [3.63, 3.8) is 0 Å². The summed E-state index contributed by atoms with van der Waals surface area (Å²) in [6.45, 7) is 5.73. The van der Waals surface area contributed by atoms with E-state index in [0.717, 1.165) is 12.4 Å². The van der Waals surface area contributed by atoms with Crippen LogP contribution in [0.2, 0.25) is 0 Å². The molecule has 218 valence electrons. The summed E-state index contributed by atoms with van der Waals surface area (Å²) in [6, 6.07) is 11.0. The van der Waals surface area contributed by atoms with Gasteiger partial charge < -0.3 is 12.4 Å². The highest BCUT2D eigenvalue weighted by atomic mass is 35.5. The van der Waals surface area contributed by atoms with Gasteiger partial charge in [0.15, 0.2) is 0 Å². The molecule has 1 aromatic carbocycles. The van der Waals surface area contributed by atoms with Crippen molar-refractivity contribution in [2.24, 2.45) is 0 Å². The minimum Gasteiger partial charge on any atom is -1.00 e. The van der Waals surface area contributed by atoms with Gasteiger partial charge in [-0.05, 0) is 37.1 Å². The lowest BCUT2D eigenvalue weighted by molar-refractivity contribution is -0.664. The number of hydrogen-bond acceptors (Lipinski definition) is 1. The first-order chi connectivity index (χ1) is 18.4. The van der Waals surface area contributed by atoms with E-state index in [9.17, 15) is 0 Å². The molecule has 0 spiro atoms. The van der Waals surface area contributed by atoms with Crippen molar-refractivity contribution in [1.29, 1.82) is 0 Å². The monoisotopic (exact) mass is 562 g/mol. The van der Waals surface area contributed by atoms with E-state index in [4.69, 9.17) is 0 Å². The van der Waals surface area contributed by atoms with Crippen molar-refractivity contribution in [3.05, 3.63) is 42.7 Å². The summed E-state index contributed by atoms with van der Waals surface area (Å²) >= 11 is 2.10. The third-order valence-corrected chi connectivity index (χ3v) is 8.67. The van der Waals surface area contributed by atoms with E-state index in [1.165, 1.54) is 146 Å². The fourth-order valence-corrected chi connectivity index (χ4v) is 6.24. The summed E-state index contributed by atoms with van der Waals surface area (Å²) in [5.41, 5.74) is 1.35. The third kappa shape index (κ3) is 16.2. The maximum Gasteiger partial charge on any atom is 0.289 e. The fraction of sp³-hybridized carbons (Fsp3) is 0.735. The second-order valence-electron chi connectivity index (χ2n) is 11.1. The molecule has 2 nitrogen and oxygen atoms in total. The van der Waals surface area contributed by atoms with Gasteiger partial charge in [-0.3, -0.25) is 0 Å². The van der Waals surface area contributed by atoms with Crippen LogP contribution in [0.15, 0.2) is 42.7 Å². The van der Waals surface area contributed by atoms with Gasteiger partial charge in [-0.15, -0.1) is 11.8 Å². The lowest BCUT2D eigenvalue weighted by atomic mass is 10.1. The van der Waals surface area contributed by atoms with Crippen LogP contribution < -0.4 is 17.0 Å². The Hall–Kier alpha value is -0.930. The number of benzene rings is 1. The summed E-state index contributed by atoms with van der Waals surface area (Å²) < 4.78 is 4.98. The second kappa shape index (κ2) is 25.1. The van der Waals surface area contributed by atoms with Crippen LogP contribution in [-0.4, -0.2) is 10.3 Å². The van der Waals surface area contributed by atoms with Crippen LogP contribution in [-0.2, 0) is 12.4 Å². The zero-order valence-corrected chi connectivity index (χ0v) is 26.6. The van der Waals surface area contributed by atoms with Crippen LogP contribution in [0.1, 0.15) is 142 Å². The molecule has 0 aliphatic heterocycles. The first-order valence-electron chi connectivity index (χ1n) is 16.1. The predicted molar refractivity (Wildman–Crippen MR) is 166 cm³/mol. The summed E-state index contributed by atoms with van der Waals surface area (Å²) in [4.78, 5) is 0. The second-order valence-corrected chi connectivity index (χ2v) is 12.1. The average Bonchev–Trinajstić information content (AvgIpc) is 3.33. The number of hydrogen-bond donors (Lipinski definition) is 0. The normalized spacial score (nSPS) is 11.1. The number of imidazole rings is 1. The molecule has 0 radical (unpaired) electrons. The maximum absolute atomic E-state index is 2.50. The molecule has 0 saturated carbocycles. The van der Waals surface area contributed by atoms with E-state index in [0.29, 0.717) is 0 Å². The van der Waals surface area contributed by atoms with Crippen molar-refractivity contribution < 1.29 is 17.0 Å². The molecular weight excluding hydrogens is 504 g/mol. The van der Waals surface area contributed by atoms with E-state index in [2.05, 4.69) is 77.5 Å². The molecule has 1 aromatic heterocycles. The van der Waals surface area contributed by atoms with Crippen molar-refractivity contribution in [2.45, 2.75) is 155 Å². The molecule has 0 aliphatic carbocycles. The smallest absolute Gasteiger partial charge is 0.289 e. The SMILES string of the molecule is CCCCCCCCCCCCSC[n+]1ccn(CCCCCCCCCCCC)c1-c1ccccc1.[Cl-]. The fourth-order valence-electron chi connectivity index (χ4n) is 5.29. The van der Waals surface area contributed by atoms with E-state index in [-0.39, 0.29) is 12.4 Å². The minimum atomic E-state index is 0. The van der Waals surface area contributed by atoms with Crippen molar-refractivity contribution in [3.8, 4) is 11.4 Å². The molecular formula is C34H59ClN2S. The summed E-state index contributed by atoms with van der Waals surface area (Å²) in [7, 11) is 0. The van der Waals surface area contributed by atoms with E-state index < -0.39 is 0 Å². The number of thioether (sulfide) groups is 1. The van der Waals surface area contributed by atoms with Gasteiger partial charge in [0.2, 0.25) is 0 Å². The van der Waals surface area contributed by atoms with Crippen LogP contribution in [0.25, 0.3) is 11.4 Å². The Labute approximate surface area is 247 Å². The molecule has 0 aliphatic rings. The number of aromatic nitrogens is 2. The highest BCUT2D eigenvalue weighted by molar-refractivity contribution is 7.98. The molecule has 0 bridgehead atoms. The van der Waals surface area contributed by atoms with Crippen LogP contribution >= 0.6 is 11.8 Å². The minimum absolute atomic E-state index is 0. The van der Waals surface area contributed by atoms with Gasteiger partial charge >= 0.3 is 0 Å². The molecule has 0 saturated heterocycles. The Bertz CT molecular complexity index is 761. The molecule has 0 fully saturated rings. The van der Waals surface area contributed by atoms with Gasteiger partial charge in [-0.25, -0.2) is 9.13 Å². The van der Waals surface area contributed by atoms with Crippen molar-refractivity contribution >= 4 is 11.8 Å². The molecule has 1 heterocycles. The first-order valence-corrected chi connectivity index (χ1v) is 17.2. The molecule has 2 aromatic rings. The quantitative estimate of drug-likeness (QED) is 0.0879. The van der Waals surface area contributed by atoms with Gasteiger partial charge in [0.25, 0.3) is 5.82 Å². The third-order valence-electron chi connectivity index (χ3n) is 7.63. The molecule has 0 atom stereocenters. The highest BCUT2D eigenvalue weighted by Gasteiger charge is 2.18. The molecule has 38 heavy (non-hydrogen) atoms. The maximum atomic E-state index is 2.50. The standard InChI is InChI=1S/C34H59N2S.ClH/c1-3-5-7-9-11-13-15-17-19-24-28-35-29-30-36(34(35)33-26-22-21-23-27-33)32-37-31-25-20-18-16-14-12-10-8-6-4-2;/h21-23,26-27,29-30H,3-20,24-25,28,31-32H2,1-2H3;1H/q+1;/p-1. The number of halogens is 1. The lowest BCUT2D eigenvalue weighted by Crippen LogP contribution is -3.00. The van der Waals surface area contributed by atoms with Gasteiger partial charge in [-0.2, -0.15) is 0 Å². The topological polar surface area (TPSA) is 8.81 Å². The van der Waals surface area contributed by atoms with Crippen LogP contribution in [0, 0.1) is 0 Å². The Kier molecular flexibility index (Phi) is 23.2. The van der Waals surface area contributed by atoms with Gasteiger partial charge in [0.1, 0.15) is 18.3 Å². The first kappa shape index (κ1) is 35.1. The van der Waals surface area contributed by atoms with E-state index >= 15 is 0 Å². The highest BCUT2D eigenvalue weighted by Crippen LogP contribution is 2.19. The molecule has 0 unspecified atom stereocenters. The lowest BCUT2D eigenvalue weighted by Gasteiger charge is -2.07. The summed E-state index contributed by atoms with van der Waals surface area (Å²) in [5.74, 6) is 3.72. The molecule has 4 heteroatoms. The van der Waals surface area contributed by atoms with Crippen LogP contribution in [0.3, 0.4) is 0 Å². The Morgan fingerprint density at radius 3 is 1.61 bits per heavy atom. The number of rotatable bonds is 25. The predicted octanol–water partition coefficient (Wildman–Crippen LogP) is 7.98. The van der Waals surface area contributed by atoms with Gasteiger partial charge in [0.05, 0.1) is 12.1 Å². The Morgan fingerprint density at radius 1 is 0.605 bits per heavy atom. The zero-order valence-electron chi connectivity index (χ0n) is 25.0.